The van der Waals surface area contributed by atoms with Gasteiger partial charge in [0.2, 0.25) is 5.91 Å². The molecule has 6 nitrogen and oxygen atoms in total. The van der Waals surface area contributed by atoms with Gasteiger partial charge >= 0.3 is 5.97 Å². The number of aliphatic carboxylic acids is 1. The van der Waals surface area contributed by atoms with Crippen molar-refractivity contribution in [2.75, 3.05) is 27.8 Å². The molecule has 0 bridgehead atoms. The van der Waals surface area contributed by atoms with E-state index in [2.05, 4.69) is 17.6 Å². The maximum Gasteiger partial charge on any atom is 0.308 e. The van der Waals surface area contributed by atoms with Gasteiger partial charge in [-0.05, 0) is 49.3 Å². The van der Waals surface area contributed by atoms with E-state index < -0.39 is 11.0 Å². The van der Waals surface area contributed by atoms with E-state index in [9.17, 15) is 14.7 Å². The highest BCUT2D eigenvalue weighted by Crippen LogP contribution is 2.41. The van der Waals surface area contributed by atoms with E-state index in [1.165, 1.54) is 0 Å². The van der Waals surface area contributed by atoms with Crippen LogP contribution in [-0.4, -0.2) is 34.3 Å². The molecule has 1 aliphatic rings. The molecule has 0 aliphatic carbocycles. The van der Waals surface area contributed by atoms with Crippen molar-refractivity contribution in [3.8, 4) is 0 Å². The monoisotopic (exact) mass is 441 g/mol. The zero-order valence-electron chi connectivity index (χ0n) is 18.0. The Bertz CT molecular complexity index is 850. The molecule has 1 heterocycles. The number of para-hydroxylation sites is 3. The first-order chi connectivity index (χ1) is 15.0. The molecule has 2 aromatic rings. The number of nitrogens with zero attached hydrogens (tertiary/aromatic N) is 1. The van der Waals surface area contributed by atoms with Gasteiger partial charge in [-0.1, -0.05) is 43.7 Å². The molecule has 0 atom stereocenters. The number of anilines is 3. The molecule has 0 radical (unpaired) electrons. The lowest BCUT2D eigenvalue weighted by atomic mass is 10.2. The summed E-state index contributed by atoms with van der Waals surface area (Å²) in [5.74, 6) is 0.0498. The van der Waals surface area contributed by atoms with E-state index in [4.69, 9.17) is 0 Å². The normalized spacial score (nSPS) is 13.7. The van der Waals surface area contributed by atoms with Crippen LogP contribution in [0.5, 0.6) is 0 Å². The summed E-state index contributed by atoms with van der Waals surface area (Å²) in [6.07, 6.45) is 4.09. The average molecular weight is 442 g/mol. The molecule has 1 amide bonds. The molecule has 0 fully saturated rings. The number of benzene rings is 2. The second kappa shape index (κ2) is 11.1. The number of nitrogens with one attached hydrogen (secondary N) is 2. The first-order valence-corrected chi connectivity index (χ1v) is 11.9. The number of hydrogen-bond donors (Lipinski definition) is 3. The molecule has 3 N–H and O–H groups in total. The van der Waals surface area contributed by atoms with Gasteiger partial charge < -0.3 is 20.6 Å². The topological polar surface area (TPSA) is 81.7 Å². The Morgan fingerprint density at radius 2 is 1.61 bits per heavy atom. The van der Waals surface area contributed by atoms with E-state index in [0.717, 1.165) is 55.0 Å². The smallest absolute Gasteiger partial charge is 0.308 e. The maximum absolute atomic E-state index is 12.8. The van der Waals surface area contributed by atoms with Crippen LogP contribution in [0, 0.1) is 0 Å². The summed E-state index contributed by atoms with van der Waals surface area (Å²) < 4.78 is 0. The third-order valence-electron chi connectivity index (χ3n) is 5.24. The van der Waals surface area contributed by atoms with E-state index >= 15 is 0 Å². The lowest BCUT2D eigenvalue weighted by molar-refractivity contribution is -0.137. The van der Waals surface area contributed by atoms with E-state index in [1.54, 1.807) is 11.8 Å². The number of hydrogen-bond acceptors (Lipinski definition) is 5. The minimum absolute atomic E-state index is 0.0376. The van der Waals surface area contributed by atoms with Gasteiger partial charge in [0.25, 0.3) is 0 Å². The predicted molar refractivity (Wildman–Crippen MR) is 129 cm³/mol. The Labute approximate surface area is 188 Å². The van der Waals surface area contributed by atoms with E-state index in [1.807, 2.05) is 59.5 Å². The number of thioether (sulfide) groups is 1. The van der Waals surface area contributed by atoms with Crippen molar-refractivity contribution >= 4 is 40.7 Å². The van der Waals surface area contributed by atoms with Crippen LogP contribution in [0.3, 0.4) is 0 Å². The molecule has 2 aromatic carbocycles. The Hall–Kier alpha value is -2.67. The van der Waals surface area contributed by atoms with Crippen molar-refractivity contribution in [1.82, 2.24) is 0 Å². The van der Waals surface area contributed by atoms with Crippen LogP contribution < -0.4 is 15.5 Å². The van der Waals surface area contributed by atoms with Gasteiger partial charge in [-0.3, -0.25) is 9.59 Å². The second-order valence-corrected chi connectivity index (χ2v) is 9.13. The summed E-state index contributed by atoms with van der Waals surface area (Å²) in [5.41, 5.74) is 2.79. The molecule has 0 aromatic heterocycles. The van der Waals surface area contributed by atoms with Crippen molar-refractivity contribution in [3.63, 3.8) is 0 Å². The molecule has 7 heteroatoms. The third kappa shape index (κ3) is 6.40. The average Bonchev–Trinajstić information content (AvgIpc) is 3.11. The Morgan fingerprint density at radius 3 is 2.23 bits per heavy atom. The number of rotatable bonds is 12. The number of carbonyl (C=O) groups excluding carboxylic acids is 1. The van der Waals surface area contributed by atoms with Gasteiger partial charge in [-0.15, -0.1) is 11.8 Å². The fourth-order valence-corrected chi connectivity index (χ4v) is 4.96. The molecule has 1 aliphatic heterocycles. The van der Waals surface area contributed by atoms with Crippen LogP contribution in [0.25, 0.3) is 0 Å². The highest BCUT2D eigenvalue weighted by atomic mass is 32.2. The number of carbonyl (C=O) groups is 2. The molecule has 0 spiro atoms. The molecule has 166 valence electrons. The first-order valence-electron chi connectivity index (χ1n) is 10.9. The van der Waals surface area contributed by atoms with Crippen LogP contribution in [-0.2, 0) is 9.59 Å². The predicted octanol–water partition coefficient (Wildman–Crippen LogP) is 5.39. The van der Waals surface area contributed by atoms with Crippen molar-refractivity contribution in [2.45, 2.75) is 50.4 Å². The molecule has 0 saturated heterocycles. The molecule has 31 heavy (non-hydrogen) atoms. The van der Waals surface area contributed by atoms with Crippen molar-refractivity contribution < 1.29 is 14.7 Å². The second-order valence-electron chi connectivity index (χ2n) is 7.73. The minimum Gasteiger partial charge on any atom is -0.481 e. The summed E-state index contributed by atoms with van der Waals surface area (Å²) >= 11 is 1.56. The number of fused-ring (bicyclic) bond motifs is 1. The summed E-state index contributed by atoms with van der Waals surface area (Å²) in [7, 11) is 0. The number of carboxylic acids is 1. The van der Waals surface area contributed by atoms with Gasteiger partial charge in [0.15, 0.2) is 4.99 Å². The van der Waals surface area contributed by atoms with Crippen LogP contribution in [0.1, 0.15) is 45.4 Å². The first kappa shape index (κ1) is 23.0. The molecule has 0 saturated carbocycles. The third-order valence-corrected chi connectivity index (χ3v) is 6.57. The van der Waals surface area contributed by atoms with E-state index in [0.29, 0.717) is 6.42 Å². The van der Waals surface area contributed by atoms with Crippen molar-refractivity contribution in [3.05, 3.63) is 54.6 Å². The summed E-state index contributed by atoms with van der Waals surface area (Å²) in [6.45, 7) is 2.86. The Balaban J connectivity index is 1.50. The largest absolute Gasteiger partial charge is 0.481 e. The SMILES string of the molecule is CCCCN(C(=O)CCCCSC1(CC(=O)O)Nc2ccccc2N1)c1ccccc1. The summed E-state index contributed by atoms with van der Waals surface area (Å²) in [4.78, 5) is 25.4. The molecule has 0 unspecified atom stereocenters. The molecular weight excluding hydrogens is 410 g/mol. The molecule has 3 rings (SSSR count). The van der Waals surface area contributed by atoms with Gasteiger partial charge in [0, 0.05) is 18.7 Å². The highest BCUT2D eigenvalue weighted by Gasteiger charge is 2.38. The van der Waals surface area contributed by atoms with Gasteiger partial charge in [0.1, 0.15) is 0 Å². The fraction of sp³-hybridized carbons (Fsp3) is 0.417. The highest BCUT2D eigenvalue weighted by molar-refractivity contribution is 8.00. The van der Waals surface area contributed by atoms with Crippen molar-refractivity contribution in [2.24, 2.45) is 0 Å². The zero-order chi connectivity index (χ0) is 22.1. The van der Waals surface area contributed by atoms with Crippen LogP contribution in [0.15, 0.2) is 54.6 Å². The van der Waals surface area contributed by atoms with Crippen LogP contribution >= 0.6 is 11.8 Å². The minimum atomic E-state index is -0.857. The standard InChI is InChI=1S/C24H31N3O3S/c1-2-3-16-27(19-11-5-4-6-12-19)22(28)15-9-10-17-31-24(18-23(29)30)25-20-13-7-8-14-21(20)26-24/h4-8,11-14,25-26H,2-3,9-10,15-18H2,1H3,(H,29,30). The van der Waals surface area contributed by atoms with Crippen LogP contribution in [0.4, 0.5) is 17.1 Å². The lowest BCUT2D eigenvalue weighted by Crippen LogP contribution is -2.40. The number of unbranched alkanes of at least 4 members (excludes halogenated alkanes) is 2. The van der Waals surface area contributed by atoms with Crippen molar-refractivity contribution in [1.29, 1.82) is 0 Å². The molecular formula is C24H31N3O3S. The zero-order valence-corrected chi connectivity index (χ0v) is 18.8. The number of amides is 1. The van der Waals surface area contributed by atoms with Gasteiger partial charge in [-0.2, -0.15) is 0 Å². The summed E-state index contributed by atoms with van der Waals surface area (Å²) in [6, 6.07) is 17.6. The maximum atomic E-state index is 12.8. The number of carboxylic acid groups (broad SMARTS) is 1. The fourth-order valence-electron chi connectivity index (χ4n) is 3.67. The summed E-state index contributed by atoms with van der Waals surface area (Å²) in [5, 5.41) is 16.1. The Morgan fingerprint density at radius 1 is 0.968 bits per heavy atom. The van der Waals surface area contributed by atoms with Gasteiger partial charge in [0.05, 0.1) is 17.8 Å². The van der Waals surface area contributed by atoms with E-state index in [-0.39, 0.29) is 12.3 Å². The Kier molecular flexibility index (Phi) is 8.23. The quantitative estimate of drug-likeness (QED) is 0.383. The van der Waals surface area contributed by atoms with Gasteiger partial charge in [-0.25, -0.2) is 0 Å². The van der Waals surface area contributed by atoms with Crippen LogP contribution in [0.2, 0.25) is 0 Å². The lowest BCUT2D eigenvalue weighted by Gasteiger charge is -2.28.